The van der Waals surface area contributed by atoms with Gasteiger partial charge in [-0.1, -0.05) is 41.8 Å². The molecule has 3 aromatic rings. The fraction of sp³-hybridized carbons (Fsp3) is 0.448. The van der Waals surface area contributed by atoms with Crippen LogP contribution in [0.25, 0.3) is 5.32 Å². The molecule has 0 spiro atoms. The third-order valence-corrected chi connectivity index (χ3v) is 8.02. The van der Waals surface area contributed by atoms with Crippen LogP contribution in [0.4, 0.5) is 17.6 Å². The molecule has 11 heteroatoms. The van der Waals surface area contributed by atoms with Crippen LogP contribution >= 0.6 is 0 Å². The van der Waals surface area contributed by atoms with Crippen LogP contribution in [0.2, 0.25) is 0 Å². The molecule has 2 aromatic carbocycles. The zero-order chi connectivity index (χ0) is 28.7. The Kier molecular flexibility index (Phi) is 7.73. The van der Waals surface area contributed by atoms with E-state index in [0.717, 1.165) is 25.2 Å². The van der Waals surface area contributed by atoms with Crippen molar-refractivity contribution < 1.29 is 32.6 Å². The Morgan fingerprint density at radius 2 is 1.77 bits per heavy atom. The Morgan fingerprint density at radius 1 is 1.12 bits per heavy atom. The van der Waals surface area contributed by atoms with Gasteiger partial charge in [-0.3, -0.25) is 4.90 Å². The Labute approximate surface area is 229 Å². The van der Waals surface area contributed by atoms with Crippen molar-refractivity contribution >= 4 is 5.97 Å². The van der Waals surface area contributed by atoms with Gasteiger partial charge in [0.2, 0.25) is 0 Å². The number of aromatic nitrogens is 2. The number of hydrogen-bond donors (Lipinski definition) is 2. The van der Waals surface area contributed by atoms with Crippen molar-refractivity contribution in [3.63, 3.8) is 0 Å². The number of halogens is 4. The molecule has 2 unspecified atom stereocenters. The van der Waals surface area contributed by atoms with E-state index in [2.05, 4.69) is 27.3 Å². The fourth-order valence-corrected chi connectivity index (χ4v) is 6.09. The number of aliphatic hydroxyl groups is 1. The highest BCUT2D eigenvalue weighted by atomic mass is 19.4. The van der Waals surface area contributed by atoms with E-state index in [-0.39, 0.29) is 12.2 Å². The Balaban J connectivity index is 0.000000306. The quantitative estimate of drug-likeness (QED) is 0.415. The van der Waals surface area contributed by atoms with Gasteiger partial charge in [0.05, 0.1) is 17.5 Å². The van der Waals surface area contributed by atoms with Crippen LogP contribution < -0.4 is 0 Å². The van der Waals surface area contributed by atoms with E-state index in [9.17, 15) is 27.5 Å². The van der Waals surface area contributed by atoms with Gasteiger partial charge in [-0.2, -0.15) is 13.2 Å². The molecule has 2 N–H and O–H groups in total. The number of piperidine rings is 1. The van der Waals surface area contributed by atoms with Gasteiger partial charge in [0.25, 0.3) is 0 Å². The lowest BCUT2D eigenvalue weighted by Gasteiger charge is -2.30. The average molecular weight is 560 g/mol. The van der Waals surface area contributed by atoms with E-state index in [1.54, 1.807) is 11.6 Å². The Hall–Kier alpha value is -3.28. The van der Waals surface area contributed by atoms with Crippen LogP contribution in [-0.2, 0) is 32.6 Å². The van der Waals surface area contributed by atoms with Crippen molar-refractivity contribution in [2.75, 3.05) is 26.2 Å². The third kappa shape index (κ3) is 6.37. The van der Waals surface area contributed by atoms with Crippen LogP contribution in [0.5, 0.6) is 0 Å². The molecular formula is C29H31F4N4O3-. The van der Waals surface area contributed by atoms with Gasteiger partial charge in [-0.05, 0) is 35.1 Å². The van der Waals surface area contributed by atoms with E-state index in [1.807, 2.05) is 12.1 Å². The first-order chi connectivity index (χ1) is 18.9. The van der Waals surface area contributed by atoms with Crippen LogP contribution in [-0.4, -0.2) is 62.4 Å². The monoisotopic (exact) mass is 559 g/mol. The van der Waals surface area contributed by atoms with Crippen LogP contribution in [0, 0.1) is 23.6 Å². The van der Waals surface area contributed by atoms with Crippen molar-refractivity contribution in [3.05, 3.63) is 94.1 Å². The second-order valence-electron chi connectivity index (χ2n) is 11.1. The number of hydrogen-bond acceptors (Lipinski definition) is 4. The van der Waals surface area contributed by atoms with Crippen LogP contribution in [0.3, 0.4) is 0 Å². The number of carboxylic acids is 1. The van der Waals surface area contributed by atoms with Gasteiger partial charge >= 0.3 is 12.1 Å². The predicted molar refractivity (Wildman–Crippen MR) is 139 cm³/mol. The normalized spacial score (nSPS) is 22.8. The molecule has 214 valence electrons. The highest BCUT2D eigenvalue weighted by Crippen LogP contribution is 2.52. The van der Waals surface area contributed by atoms with E-state index < -0.39 is 29.1 Å². The topological polar surface area (TPSA) is 92.7 Å². The first-order valence-corrected chi connectivity index (χ1v) is 13.1. The molecule has 1 aromatic heterocycles. The first-order valence-electron chi connectivity index (χ1n) is 13.1. The summed E-state index contributed by atoms with van der Waals surface area (Å²) in [5.74, 6) is -0.671. The number of β-amino-alcohol motifs (C(OH)–C–C–N with tert-alkyl or cyclic N) is 1. The Bertz CT molecular complexity index is 1340. The molecule has 0 amide bonds. The first kappa shape index (κ1) is 28.3. The molecule has 0 radical (unpaired) electrons. The number of aromatic carboxylic acids is 1. The van der Waals surface area contributed by atoms with Gasteiger partial charge < -0.3 is 20.1 Å². The standard InChI is InChI=1S/C24H25F4N2O.C5H6N2O2/c25-22-6-5-15(7-21(22)24(26,27)28)10-29-11-18-19-12-30(13-20(18)19)14-23(31)8-16-3-1-2-4-17(16)9-23;1-7-2-4(5(8)9)6-3-7/h1-7,18-20,31H,8-14H2;2-3H,1H3,(H,8,9)/q-1;. The average Bonchev–Trinajstić information content (AvgIpc) is 3.26. The number of imidazole rings is 1. The SMILES string of the molecule is Cn1cnc(C(=O)O)c1.OC1(CN2CC3C(C[N-]Cc4ccc(F)c(C(F)(F)F)c4)C3C2)Cc2ccccc2C1. The molecule has 1 aliphatic heterocycles. The van der Waals surface area contributed by atoms with Crippen molar-refractivity contribution in [2.45, 2.75) is 31.2 Å². The highest BCUT2D eigenvalue weighted by molar-refractivity contribution is 5.84. The predicted octanol–water partition coefficient (Wildman–Crippen LogP) is 4.54. The zero-order valence-corrected chi connectivity index (χ0v) is 22.0. The third-order valence-electron chi connectivity index (χ3n) is 8.02. The van der Waals surface area contributed by atoms with Gasteiger partial charge in [0.15, 0.2) is 5.69 Å². The number of carboxylic acid groups (broad SMARTS) is 1. The van der Waals surface area contributed by atoms with Crippen molar-refractivity contribution in [1.82, 2.24) is 14.5 Å². The second-order valence-corrected chi connectivity index (χ2v) is 11.1. The lowest BCUT2D eigenvalue weighted by atomic mass is 9.99. The number of aryl methyl sites for hydroxylation is 1. The Morgan fingerprint density at radius 3 is 2.30 bits per heavy atom. The minimum Gasteiger partial charge on any atom is -0.658 e. The molecule has 40 heavy (non-hydrogen) atoms. The maximum atomic E-state index is 13.4. The molecule has 2 fully saturated rings. The zero-order valence-electron chi connectivity index (χ0n) is 22.0. The molecule has 1 saturated carbocycles. The molecular weight excluding hydrogens is 528 g/mol. The number of fused-ring (bicyclic) bond motifs is 2. The van der Waals surface area contributed by atoms with Crippen molar-refractivity contribution in [3.8, 4) is 0 Å². The molecule has 6 rings (SSSR count). The largest absolute Gasteiger partial charge is 0.658 e. The van der Waals surface area contributed by atoms with Gasteiger partial charge in [0, 0.05) is 45.7 Å². The minimum absolute atomic E-state index is 0.0810. The maximum absolute atomic E-state index is 13.4. The number of alkyl halides is 3. The number of nitrogens with zero attached hydrogens (tertiary/aromatic N) is 4. The lowest BCUT2D eigenvalue weighted by molar-refractivity contribution is -0.140. The molecule has 3 aliphatic rings. The van der Waals surface area contributed by atoms with Crippen LogP contribution in [0.15, 0.2) is 55.0 Å². The highest BCUT2D eigenvalue weighted by Gasteiger charge is 2.54. The van der Waals surface area contributed by atoms with E-state index in [0.29, 0.717) is 49.2 Å². The second kappa shape index (κ2) is 10.9. The summed E-state index contributed by atoms with van der Waals surface area (Å²) in [5, 5.41) is 23.8. The van der Waals surface area contributed by atoms with E-state index >= 15 is 0 Å². The summed E-state index contributed by atoms with van der Waals surface area (Å²) >= 11 is 0. The summed E-state index contributed by atoms with van der Waals surface area (Å²) in [7, 11) is 1.72. The molecule has 2 atom stereocenters. The van der Waals surface area contributed by atoms with Gasteiger partial charge in [-0.25, -0.2) is 14.2 Å². The van der Waals surface area contributed by atoms with E-state index in [4.69, 9.17) is 5.11 Å². The molecule has 7 nitrogen and oxygen atoms in total. The summed E-state index contributed by atoms with van der Waals surface area (Å²) in [6.45, 7) is 3.35. The number of rotatable bonds is 7. The molecule has 2 aliphatic carbocycles. The minimum atomic E-state index is -4.69. The van der Waals surface area contributed by atoms with Crippen molar-refractivity contribution in [1.29, 1.82) is 0 Å². The maximum Gasteiger partial charge on any atom is 0.419 e. The summed E-state index contributed by atoms with van der Waals surface area (Å²) in [6.07, 6.45) is -0.398. The van der Waals surface area contributed by atoms with Gasteiger partial charge in [0.1, 0.15) is 5.82 Å². The molecule has 1 saturated heterocycles. The lowest BCUT2D eigenvalue weighted by Crippen LogP contribution is -2.44. The summed E-state index contributed by atoms with van der Waals surface area (Å²) in [4.78, 5) is 16.1. The van der Waals surface area contributed by atoms with Crippen molar-refractivity contribution in [2.24, 2.45) is 24.8 Å². The molecule has 0 bridgehead atoms. The summed E-state index contributed by atoms with van der Waals surface area (Å²) < 4.78 is 53.5. The van der Waals surface area contributed by atoms with Gasteiger partial charge in [-0.15, -0.1) is 13.1 Å². The fourth-order valence-electron chi connectivity index (χ4n) is 6.09. The summed E-state index contributed by atoms with van der Waals surface area (Å²) in [5.41, 5.74) is 1.01. The number of carbonyl (C=O) groups is 1. The summed E-state index contributed by atoms with van der Waals surface area (Å²) in [6, 6.07) is 11.3. The number of likely N-dealkylation sites (tertiary alicyclic amines) is 1. The number of benzene rings is 2. The van der Waals surface area contributed by atoms with Crippen LogP contribution in [0.1, 0.15) is 32.7 Å². The molecule has 2 heterocycles. The smallest absolute Gasteiger partial charge is 0.419 e. The van der Waals surface area contributed by atoms with E-state index in [1.165, 1.54) is 29.7 Å².